The van der Waals surface area contributed by atoms with Crippen LogP contribution in [0.1, 0.15) is 5.56 Å². The lowest BCUT2D eigenvalue weighted by Crippen LogP contribution is -2.06. The molecule has 0 aliphatic carbocycles. The summed E-state index contributed by atoms with van der Waals surface area (Å²) < 4.78 is 1.77. The number of pyridine rings is 1. The van der Waals surface area contributed by atoms with E-state index < -0.39 is 0 Å². The molecule has 9 heteroatoms. The van der Waals surface area contributed by atoms with E-state index >= 15 is 0 Å². The molecule has 0 aliphatic rings. The minimum Gasteiger partial charge on any atom is -0.508 e. The number of anilines is 1. The lowest BCUT2D eigenvalue weighted by atomic mass is 10.0. The van der Waals surface area contributed by atoms with Gasteiger partial charge in [0, 0.05) is 27.1 Å². The highest BCUT2D eigenvalue weighted by atomic mass is 35.5. The van der Waals surface area contributed by atoms with Crippen LogP contribution in [-0.4, -0.2) is 29.8 Å². The van der Waals surface area contributed by atoms with Gasteiger partial charge in [-0.15, -0.1) is 0 Å². The van der Waals surface area contributed by atoms with Crippen LogP contribution >= 0.6 is 23.2 Å². The molecule has 3 N–H and O–H groups in total. The maximum absolute atomic E-state index is 10.0. The van der Waals surface area contributed by atoms with Crippen LogP contribution < -0.4 is 5.73 Å². The number of hydrogen-bond acceptors (Lipinski definition) is 6. The summed E-state index contributed by atoms with van der Waals surface area (Å²) in [6, 6.07) is 22.1. The summed E-state index contributed by atoms with van der Waals surface area (Å²) in [5.41, 5.74) is 11.3. The van der Waals surface area contributed by atoms with Crippen molar-refractivity contribution in [2.24, 2.45) is 0 Å². The van der Waals surface area contributed by atoms with Gasteiger partial charge in [0.1, 0.15) is 23.6 Å². The minimum absolute atomic E-state index is 0.129. The third-order valence-corrected chi connectivity index (χ3v) is 6.51. The predicted octanol–water partition coefficient (Wildman–Crippen LogP) is 6.35. The number of phenols is 1. The van der Waals surface area contributed by atoms with Gasteiger partial charge in [0.2, 0.25) is 0 Å². The number of halogens is 2. The van der Waals surface area contributed by atoms with E-state index in [9.17, 15) is 5.11 Å². The van der Waals surface area contributed by atoms with Crippen molar-refractivity contribution in [2.75, 3.05) is 5.73 Å². The van der Waals surface area contributed by atoms with Crippen molar-refractivity contribution in [3.05, 3.63) is 94.7 Å². The van der Waals surface area contributed by atoms with Crippen molar-refractivity contribution in [3.8, 4) is 28.3 Å². The van der Waals surface area contributed by atoms with Crippen molar-refractivity contribution in [1.29, 1.82) is 0 Å². The van der Waals surface area contributed by atoms with Crippen LogP contribution in [0.4, 0.5) is 5.82 Å². The number of nitrogen functional groups attached to an aromatic ring is 1. The monoisotopic (exact) mass is 512 g/mol. The number of phenolic OH excluding ortho intramolecular Hbond substituents is 1. The topological polar surface area (TPSA) is 103 Å². The molecule has 0 amide bonds. The predicted molar refractivity (Wildman–Crippen MR) is 143 cm³/mol. The van der Waals surface area contributed by atoms with Crippen LogP contribution in [0.15, 0.2) is 79.1 Å². The smallest absolute Gasteiger partial charge is 0.164 e. The van der Waals surface area contributed by atoms with E-state index in [-0.39, 0.29) is 5.75 Å². The van der Waals surface area contributed by atoms with Crippen molar-refractivity contribution in [1.82, 2.24) is 24.7 Å². The van der Waals surface area contributed by atoms with Crippen LogP contribution in [0.25, 0.3) is 44.5 Å². The third-order valence-electron chi connectivity index (χ3n) is 5.97. The van der Waals surface area contributed by atoms with Crippen LogP contribution in [0.2, 0.25) is 10.0 Å². The quantitative estimate of drug-likeness (QED) is 0.285. The van der Waals surface area contributed by atoms with Crippen molar-refractivity contribution < 1.29 is 5.11 Å². The molecule has 6 rings (SSSR count). The zero-order chi connectivity index (χ0) is 24.8. The SMILES string of the molecule is Nc1ncnc2c1c(-c1cccc(O)c1)nn2Cc1cc2cccc(Cl)c2nc1-c1cccc(Cl)c1. The molecule has 0 bridgehead atoms. The number of fused-ring (bicyclic) bond motifs is 2. The highest BCUT2D eigenvalue weighted by Crippen LogP contribution is 2.34. The average Bonchev–Trinajstić information content (AvgIpc) is 3.24. The number of rotatable bonds is 4. The van der Waals surface area contributed by atoms with Crippen molar-refractivity contribution in [3.63, 3.8) is 0 Å². The average molecular weight is 513 g/mol. The van der Waals surface area contributed by atoms with Crippen LogP contribution in [0.3, 0.4) is 0 Å². The number of para-hydroxylation sites is 1. The largest absolute Gasteiger partial charge is 0.508 e. The third kappa shape index (κ3) is 3.88. The Bertz CT molecular complexity index is 1780. The van der Waals surface area contributed by atoms with E-state index in [1.807, 2.05) is 48.5 Å². The molecule has 0 saturated heterocycles. The Kier molecular flexibility index (Phi) is 5.44. The molecule has 0 unspecified atom stereocenters. The zero-order valence-corrected chi connectivity index (χ0v) is 20.2. The molecule has 0 saturated carbocycles. The van der Waals surface area contributed by atoms with Gasteiger partial charge in [-0.25, -0.2) is 19.6 Å². The van der Waals surface area contributed by atoms with Gasteiger partial charge in [0.15, 0.2) is 5.65 Å². The summed E-state index contributed by atoms with van der Waals surface area (Å²) in [6.07, 6.45) is 1.42. The van der Waals surface area contributed by atoms with Gasteiger partial charge < -0.3 is 10.8 Å². The Hall–Kier alpha value is -4.20. The van der Waals surface area contributed by atoms with E-state index in [0.29, 0.717) is 50.2 Å². The highest BCUT2D eigenvalue weighted by Gasteiger charge is 2.20. The molecule has 0 atom stereocenters. The fourth-order valence-electron chi connectivity index (χ4n) is 4.37. The number of aromatic nitrogens is 5. The Morgan fingerprint density at radius 2 is 1.64 bits per heavy atom. The molecule has 0 fully saturated rings. The van der Waals surface area contributed by atoms with Gasteiger partial charge in [0.25, 0.3) is 0 Å². The van der Waals surface area contributed by atoms with E-state index in [2.05, 4.69) is 16.0 Å². The normalized spacial score (nSPS) is 11.4. The molecule has 176 valence electrons. The van der Waals surface area contributed by atoms with Gasteiger partial charge in [-0.1, -0.05) is 59.6 Å². The van der Waals surface area contributed by atoms with Crippen LogP contribution in [0, 0.1) is 0 Å². The summed E-state index contributed by atoms with van der Waals surface area (Å²) >= 11 is 12.8. The standard InChI is InChI=1S/C27H18Cl2N6O/c28-19-7-1-4-16(11-19)23-18(10-15-6-3-9-21(29)24(15)33-23)13-35-27-22(26(30)31-14-32-27)25(34-35)17-5-2-8-20(36)12-17/h1-12,14,36H,13H2,(H2,30,31,32). The highest BCUT2D eigenvalue weighted by molar-refractivity contribution is 6.35. The summed E-state index contributed by atoms with van der Waals surface area (Å²) in [4.78, 5) is 13.6. The molecule has 0 radical (unpaired) electrons. The fourth-order valence-corrected chi connectivity index (χ4v) is 4.78. The van der Waals surface area contributed by atoms with Gasteiger partial charge >= 0.3 is 0 Å². The van der Waals surface area contributed by atoms with Crippen molar-refractivity contribution in [2.45, 2.75) is 6.54 Å². The first-order chi connectivity index (χ1) is 17.5. The number of nitrogens with two attached hydrogens (primary N) is 1. The fraction of sp³-hybridized carbons (Fsp3) is 0.0370. The number of hydrogen-bond donors (Lipinski definition) is 2. The first kappa shape index (κ1) is 22.3. The van der Waals surface area contributed by atoms with E-state index in [4.69, 9.17) is 39.0 Å². The molecule has 6 aromatic rings. The van der Waals surface area contributed by atoms with Gasteiger partial charge in [-0.3, -0.25) is 0 Å². The summed E-state index contributed by atoms with van der Waals surface area (Å²) in [6.45, 7) is 0.350. The Morgan fingerprint density at radius 1 is 0.861 bits per heavy atom. The minimum atomic E-state index is 0.129. The molecular formula is C27H18Cl2N6O. The summed E-state index contributed by atoms with van der Waals surface area (Å²) in [5.74, 6) is 0.438. The van der Waals surface area contributed by atoms with Crippen LogP contribution in [-0.2, 0) is 6.54 Å². The van der Waals surface area contributed by atoms with E-state index in [1.165, 1.54) is 6.33 Å². The van der Waals surface area contributed by atoms with E-state index in [1.54, 1.807) is 22.9 Å². The molecule has 3 aromatic carbocycles. The van der Waals surface area contributed by atoms with Gasteiger partial charge in [-0.2, -0.15) is 5.10 Å². The molecule has 3 heterocycles. The first-order valence-corrected chi connectivity index (χ1v) is 11.8. The Balaban J connectivity index is 1.58. The second-order valence-electron chi connectivity index (χ2n) is 8.33. The first-order valence-electron chi connectivity index (χ1n) is 11.1. The number of nitrogens with zero attached hydrogens (tertiary/aromatic N) is 5. The summed E-state index contributed by atoms with van der Waals surface area (Å²) in [5, 5.41) is 17.6. The molecule has 36 heavy (non-hydrogen) atoms. The molecule has 0 spiro atoms. The maximum Gasteiger partial charge on any atom is 0.164 e. The van der Waals surface area contributed by atoms with E-state index in [0.717, 1.165) is 22.2 Å². The molecule has 0 aliphatic heterocycles. The maximum atomic E-state index is 10.0. The lowest BCUT2D eigenvalue weighted by Gasteiger charge is -2.13. The Labute approximate surface area is 215 Å². The molecular weight excluding hydrogens is 495 g/mol. The Morgan fingerprint density at radius 3 is 2.44 bits per heavy atom. The zero-order valence-electron chi connectivity index (χ0n) is 18.7. The summed E-state index contributed by atoms with van der Waals surface area (Å²) in [7, 11) is 0. The number of aromatic hydroxyl groups is 1. The molecule has 7 nitrogen and oxygen atoms in total. The molecule has 3 aromatic heterocycles. The van der Waals surface area contributed by atoms with Crippen molar-refractivity contribution >= 4 is 51.0 Å². The van der Waals surface area contributed by atoms with Crippen LogP contribution in [0.5, 0.6) is 5.75 Å². The second kappa shape index (κ2) is 8.78. The lowest BCUT2D eigenvalue weighted by molar-refractivity contribution is 0.475. The second-order valence-corrected chi connectivity index (χ2v) is 9.18. The number of benzene rings is 3. The van der Waals surface area contributed by atoms with Gasteiger partial charge in [0.05, 0.1) is 28.2 Å². The van der Waals surface area contributed by atoms with Gasteiger partial charge in [-0.05, 0) is 36.4 Å².